The summed E-state index contributed by atoms with van der Waals surface area (Å²) in [5.74, 6) is 0.191. The third-order valence-corrected chi connectivity index (χ3v) is 3.60. The van der Waals surface area contributed by atoms with E-state index in [2.05, 4.69) is 9.88 Å². The first-order valence-electron chi connectivity index (χ1n) is 7.08. The summed E-state index contributed by atoms with van der Waals surface area (Å²) in [7, 11) is 0. The standard InChI is InChI=1S/C15H22N2O2/c1-11(2)13-9-12(15(18)19)10-14(16-13)17-7-5-3-4-6-8-17/h9-11H,3-8H2,1-2H3,(H,18,19). The average Bonchev–Trinajstić information content (AvgIpc) is 2.66. The molecule has 1 aromatic rings. The summed E-state index contributed by atoms with van der Waals surface area (Å²) in [4.78, 5) is 18.1. The van der Waals surface area contributed by atoms with Gasteiger partial charge in [-0.05, 0) is 30.9 Å². The molecule has 1 aromatic heterocycles. The Labute approximate surface area is 114 Å². The predicted molar refractivity (Wildman–Crippen MR) is 76.0 cm³/mol. The van der Waals surface area contributed by atoms with Crippen molar-refractivity contribution in [2.75, 3.05) is 18.0 Å². The van der Waals surface area contributed by atoms with Crippen LogP contribution in [-0.2, 0) is 0 Å². The maximum absolute atomic E-state index is 11.2. The molecular weight excluding hydrogens is 240 g/mol. The Hall–Kier alpha value is -1.58. The molecule has 1 aliphatic rings. The molecule has 0 spiro atoms. The fraction of sp³-hybridized carbons (Fsp3) is 0.600. The van der Waals surface area contributed by atoms with E-state index in [0.717, 1.165) is 37.4 Å². The summed E-state index contributed by atoms with van der Waals surface area (Å²) in [6, 6.07) is 3.40. The zero-order chi connectivity index (χ0) is 13.8. The Balaban J connectivity index is 2.34. The number of carboxylic acid groups (broad SMARTS) is 1. The molecule has 1 saturated heterocycles. The lowest BCUT2D eigenvalue weighted by atomic mass is 10.1. The van der Waals surface area contributed by atoms with E-state index in [9.17, 15) is 9.90 Å². The van der Waals surface area contributed by atoms with Gasteiger partial charge in [-0.15, -0.1) is 0 Å². The number of carbonyl (C=O) groups is 1. The monoisotopic (exact) mass is 262 g/mol. The number of anilines is 1. The molecule has 104 valence electrons. The molecule has 2 rings (SSSR count). The highest BCUT2D eigenvalue weighted by Crippen LogP contribution is 2.22. The second-order valence-corrected chi connectivity index (χ2v) is 5.50. The van der Waals surface area contributed by atoms with Crippen LogP contribution in [0.25, 0.3) is 0 Å². The lowest BCUT2D eigenvalue weighted by molar-refractivity contribution is 0.0696. The van der Waals surface area contributed by atoms with E-state index in [1.54, 1.807) is 12.1 Å². The molecule has 0 amide bonds. The number of nitrogens with zero attached hydrogens (tertiary/aromatic N) is 2. The first-order valence-corrected chi connectivity index (χ1v) is 7.08. The number of hydrogen-bond donors (Lipinski definition) is 1. The van der Waals surface area contributed by atoms with E-state index in [0.29, 0.717) is 5.56 Å². The van der Waals surface area contributed by atoms with Gasteiger partial charge in [0.2, 0.25) is 0 Å². The van der Waals surface area contributed by atoms with Crippen LogP contribution < -0.4 is 4.90 Å². The van der Waals surface area contributed by atoms with E-state index in [4.69, 9.17) is 0 Å². The Bertz CT molecular complexity index is 449. The highest BCUT2D eigenvalue weighted by molar-refractivity contribution is 5.88. The molecule has 1 N–H and O–H groups in total. The first-order chi connectivity index (χ1) is 9.08. The van der Waals surface area contributed by atoms with Crippen LogP contribution in [0.15, 0.2) is 12.1 Å². The first kappa shape index (κ1) is 13.8. The Morgan fingerprint density at radius 2 is 1.84 bits per heavy atom. The van der Waals surface area contributed by atoms with Gasteiger partial charge in [0.25, 0.3) is 0 Å². The van der Waals surface area contributed by atoms with Gasteiger partial charge in [-0.1, -0.05) is 26.7 Å². The Morgan fingerprint density at radius 1 is 1.21 bits per heavy atom. The number of hydrogen-bond acceptors (Lipinski definition) is 3. The summed E-state index contributed by atoms with van der Waals surface area (Å²) in [5.41, 5.74) is 1.21. The lowest BCUT2D eigenvalue weighted by Gasteiger charge is -2.23. The van der Waals surface area contributed by atoms with Gasteiger partial charge in [-0.3, -0.25) is 0 Å². The van der Waals surface area contributed by atoms with E-state index >= 15 is 0 Å². The lowest BCUT2D eigenvalue weighted by Crippen LogP contribution is -2.25. The quantitative estimate of drug-likeness (QED) is 0.908. The van der Waals surface area contributed by atoms with Crippen LogP contribution in [0.2, 0.25) is 0 Å². The molecule has 4 heteroatoms. The summed E-state index contributed by atoms with van der Waals surface area (Å²) in [5, 5.41) is 9.22. The molecule has 0 atom stereocenters. The molecule has 19 heavy (non-hydrogen) atoms. The van der Waals surface area contributed by atoms with Gasteiger partial charge in [0, 0.05) is 18.8 Å². The van der Waals surface area contributed by atoms with Crippen molar-refractivity contribution in [3.63, 3.8) is 0 Å². The van der Waals surface area contributed by atoms with Gasteiger partial charge in [0.05, 0.1) is 5.56 Å². The van der Waals surface area contributed by atoms with E-state index in [-0.39, 0.29) is 5.92 Å². The van der Waals surface area contributed by atoms with Crippen LogP contribution in [0.3, 0.4) is 0 Å². The summed E-state index contributed by atoms with van der Waals surface area (Å²) in [6.07, 6.45) is 4.84. The predicted octanol–water partition coefficient (Wildman–Crippen LogP) is 3.28. The van der Waals surface area contributed by atoms with Crippen LogP contribution >= 0.6 is 0 Å². The van der Waals surface area contributed by atoms with Gasteiger partial charge in [0.1, 0.15) is 5.82 Å². The maximum Gasteiger partial charge on any atom is 0.335 e. The summed E-state index contributed by atoms with van der Waals surface area (Å²) < 4.78 is 0. The minimum atomic E-state index is -0.875. The molecule has 4 nitrogen and oxygen atoms in total. The van der Waals surface area contributed by atoms with Crippen molar-refractivity contribution in [1.29, 1.82) is 0 Å². The number of aromatic carboxylic acids is 1. The SMILES string of the molecule is CC(C)c1cc(C(=O)O)cc(N2CCCCCC2)n1. The fourth-order valence-electron chi connectivity index (χ4n) is 2.42. The van der Waals surface area contributed by atoms with Crippen LogP contribution in [0.4, 0.5) is 5.82 Å². The van der Waals surface area contributed by atoms with Crippen molar-refractivity contribution in [1.82, 2.24) is 4.98 Å². The molecule has 0 bridgehead atoms. The van der Waals surface area contributed by atoms with Crippen molar-refractivity contribution in [2.24, 2.45) is 0 Å². The van der Waals surface area contributed by atoms with E-state index < -0.39 is 5.97 Å². The van der Waals surface area contributed by atoms with Gasteiger partial charge in [-0.25, -0.2) is 9.78 Å². The molecule has 0 aromatic carbocycles. The highest BCUT2D eigenvalue weighted by atomic mass is 16.4. The maximum atomic E-state index is 11.2. The Morgan fingerprint density at radius 3 is 2.37 bits per heavy atom. The number of rotatable bonds is 3. The van der Waals surface area contributed by atoms with Crippen LogP contribution in [0, 0.1) is 0 Å². The Kier molecular flexibility index (Phi) is 4.40. The van der Waals surface area contributed by atoms with E-state index in [1.807, 2.05) is 13.8 Å². The van der Waals surface area contributed by atoms with Crippen molar-refractivity contribution in [3.8, 4) is 0 Å². The van der Waals surface area contributed by atoms with Crippen molar-refractivity contribution in [2.45, 2.75) is 45.4 Å². The third-order valence-electron chi connectivity index (χ3n) is 3.60. The number of carboxylic acids is 1. The third kappa shape index (κ3) is 3.46. The fourth-order valence-corrected chi connectivity index (χ4v) is 2.42. The van der Waals surface area contributed by atoms with Crippen molar-refractivity contribution in [3.05, 3.63) is 23.4 Å². The van der Waals surface area contributed by atoms with Gasteiger partial charge in [0.15, 0.2) is 0 Å². The molecule has 0 saturated carbocycles. The van der Waals surface area contributed by atoms with Crippen LogP contribution in [0.1, 0.15) is 61.5 Å². The molecule has 1 fully saturated rings. The highest BCUT2D eigenvalue weighted by Gasteiger charge is 2.16. The van der Waals surface area contributed by atoms with E-state index in [1.165, 1.54) is 12.8 Å². The van der Waals surface area contributed by atoms with Crippen LogP contribution in [0.5, 0.6) is 0 Å². The average molecular weight is 262 g/mol. The molecule has 0 unspecified atom stereocenters. The van der Waals surface area contributed by atoms with Gasteiger partial charge < -0.3 is 10.0 Å². The largest absolute Gasteiger partial charge is 0.478 e. The topological polar surface area (TPSA) is 53.4 Å². The molecule has 2 heterocycles. The van der Waals surface area contributed by atoms with Gasteiger partial charge in [-0.2, -0.15) is 0 Å². The normalized spacial score (nSPS) is 16.5. The summed E-state index contributed by atoms with van der Waals surface area (Å²) >= 11 is 0. The van der Waals surface area contributed by atoms with Gasteiger partial charge >= 0.3 is 5.97 Å². The number of aromatic nitrogens is 1. The smallest absolute Gasteiger partial charge is 0.335 e. The second kappa shape index (κ2) is 6.04. The molecule has 0 radical (unpaired) electrons. The minimum Gasteiger partial charge on any atom is -0.478 e. The zero-order valence-electron chi connectivity index (χ0n) is 11.7. The molecule has 0 aliphatic carbocycles. The molecular formula is C15H22N2O2. The van der Waals surface area contributed by atoms with Crippen molar-refractivity contribution >= 4 is 11.8 Å². The number of pyridine rings is 1. The zero-order valence-corrected chi connectivity index (χ0v) is 11.7. The second-order valence-electron chi connectivity index (χ2n) is 5.50. The van der Waals surface area contributed by atoms with Crippen LogP contribution in [-0.4, -0.2) is 29.1 Å². The minimum absolute atomic E-state index is 0.241. The van der Waals surface area contributed by atoms with Crippen molar-refractivity contribution < 1.29 is 9.90 Å². The molecule has 1 aliphatic heterocycles. The summed E-state index contributed by atoms with van der Waals surface area (Å²) in [6.45, 7) is 6.04.